The Hall–Kier alpha value is -2.25. The zero-order chi connectivity index (χ0) is 17.0. The van der Waals surface area contributed by atoms with Crippen molar-refractivity contribution in [3.05, 3.63) is 69.0 Å². The summed E-state index contributed by atoms with van der Waals surface area (Å²) in [7, 11) is 0. The largest absolute Gasteiger partial charge is 0.356 e. The average Bonchev–Trinajstić information content (AvgIpc) is 2.49. The summed E-state index contributed by atoms with van der Waals surface area (Å²) in [6.07, 6.45) is 0. The summed E-state index contributed by atoms with van der Waals surface area (Å²) in [6, 6.07) is 9.89. The number of benzene rings is 2. The van der Waals surface area contributed by atoms with Crippen molar-refractivity contribution >= 4 is 40.3 Å². The molecule has 0 aromatic heterocycles. The minimum atomic E-state index is -0.515. The van der Waals surface area contributed by atoms with Crippen LogP contribution in [0.25, 0.3) is 0 Å². The van der Waals surface area contributed by atoms with Gasteiger partial charge in [-0.15, -0.1) is 0 Å². The lowest BCUT2D eigenvalue weighted by atomic mass is 10.1. The molecule has 0 saturated heterocycles. The number of non-ortho nitro benzene ring substituents is 1. The minimum Gasteiger partial charge on any atom is -0.356 e. The third-order valence-corrected chi connectivity index (χ3v) is 3.68. The summed E-state index contributed by atoms with van der Waals surface area (Å²) >= 11 is 11.2. The zero-order valence-corrected chi connectivity index (χ0v) is 13.6. The molecule has 0 saturated carbocycles. The molecule has 0 aliphatic heterocycles. The molecule has 2 aromatic rings. The smallest absolute Gasteiger partial charge is 0.271 e. The number of hydrogen-bond acceptors (Lipinski definition) is 3. The van der Waals surface area contributed by atoms with Gasteiger partial charge in [-0.05, 0) is 42.9 Å². The maximum absolute atomic E-state index is 12.9. The van der Waals surface area contributed by atoms with Crippen molar-refractivity contribution in [3.63, 3.8) is 0 Å². The van der Waals surface area contributed by atoms with Gasteiger partial charge in [0.25, 0.3) is 5.69 Å². The van der Waals surface area contributed by atoms with Gasteiger partial charge in [0, 0.05) is 12.1 Å². The van der Waals surface area contributed by atoms with Crippen LogP contribution in [0.3, 0.4) is 0 Å². The van der Waals surface area contributed by atoms with Crippen molar-refractivity contribution in [2.24, 2.45) is 0 Å². The zero-order valence-electron chi connectivity index (χ0n) is 12.0. The highest BCUT2D eigenvalue weighted by Crippen LogP contribution is 2.26. The third kappa shape index (κ3) is 4.61. The van der Waals surface area contributed by atoms with Crippen LogP contribution in [0.5, 0.6) is 0 Å². The van der Waals surface area contributed by atoms with Gasteiger partial charge in [0.05, 0.1) is 21.7 Å². The van der Waals surface area contributed by atoms with Crippen LogP contribution in [0, 0.1) is 15.9 Å². The Morgan fingerprint density at radius 2 is 1.96 bits per heavy atom. The summed E-state index contributed by atoms with van der Waals surface area (Å²) in [5.41, 5.74) is 1.09. The third-order valence-electron chi connectivity index (χ3n) is 3.13. The lowest BCUT2D eigenvalue weighted by molar-refractivity contribution is -0.384. The van der Waals surface area contributed by atoms with E-state index in [4.69, 9.17) is 23.8 Å². The quantitative estimate of drug-likeness (QED) is 0.483. The first-order chi connectivity index (χ1) is 10.9. The number of anilines is 1. The van der Waals surface area contributed by atoms with Crippen LogP contribution in [0.2, 0.25) is 5.02 Å². The van der Waals surface area contributed by atoms with Gasteiger partial charge < -0.3 is 10.6 Å². The molecule has 0 heterocycles. The predicted octanol–water partition coefficient (Wildman–Crippen LogP) is 4.43. The molecule has 0 aliphatic carbocycles. The molecule has 0 spiro atoms. The Balaban J connectivity index is 2.06. The van der Waals surface area contributed by atoms with Crippen molar-refractivity contribution < 1.29 is 9.31 Å². The Bertz CT molecular complexity index is 740. The van der Waals surface area contributed by atoms with Gasteiger partial charge in [-0.1, -0.05) is 23.7 Å². The van der Waals surface area contributed by atoms with E-state index in [9.17, 15) is 14.5 Å². The molecule has 0 fully saturated rings. The number of halogens is 2. The van der Waals surface area contributed by atoms with E-state index >= 15 is 0 Å². The van der Waals surface area contributed by atoms with Crippen LogP contribution in [-0.4, -0.2) is 10.0 Å². The first kappa shape index (κ1) is 17.1. The summed E-state index contributed by atoms with van der Waals surface area (Å²) in [6.45, 7) is 1.86. The Morgan fingerprint density at radius 3 is 2.57 bits per heavy atom. The van der Waals surface area contributed by atoms with Crippen LogP contribution in [0.1, 0.15) is 18.5 Å². The lowest BCUT2D eigenvalue weighted by Crippen LogP contribution is -2.31. The van der Waals surface area contributed by atoms with Crippen molar-refractivity contribution in [1.82, 2.24) is 5.32 Å². The Morgan fingerprint density at radius 1 is 1.30 bits per heavy atom. The van der Waals surface area contributed by atoms with E-state index < -0.39 is 4.92 Å². The summed E-state index contributed by atoms with van der Waals surface area (Å²) in [5, 5.41) is 17.2. The number of nitrogens with zero attached hydrogens (tertiary/aromatic N) is 1. The summed E-state index contributed by atoms with van der Waals surface area (Å²) < 4.78 is 12.9. The number of hydrogen-bond donors (Lipinski definition) is 2. The molecule has 2 aromatic carbocycles. The predicted molar refractivity (Wildman–Crippen MR) is 92.3 cm³/mol. The van der Waals surface area contributed by atoms with Crippen molar-refractivity contribution in [2.45, 2.75) is 13.0 Å². The second kappa shape index (κ2) is 7.34. The van der Waals surface area contributed by atoms with Gasteiger partial charge in [-0.3, -0.25) is 10.1 Å². The molecule has 2 rings (SSSR count). The maximum atomic E-state index is 12.9. The SMILES string of the molecule is C[C@@H](NC(=S)Nc1cc([N+](=O)[O-])ccc1Cl)c1ccc(F)cc1. The highest BCUT2D eigenvalue weighted by atomic mass is 35.5. The molecule has 23 heavy (non-hydrogen) atoms. The minimum absolute atomic E-state index is 0.0914. The first-order valence-electron chi connectivity index (χ1n) is 6.63. The normalized spacial score (nSPS) is 11.6. The highest BCUT2D eigenvalue weighted by Gasteiger charge is 2.12. The lowest BCUT2D eigenvalue weighted by Gasteiger charge is -2.17. The fourth-order valence-corrected chi connectivity index (χ4v) is 2.36. The molecular weight excluding hydrogens is 341 g/mol. The fraction of sp³-hybridized carbons (Fsp3) is 0.133. The van der Waals surface area contributed by atoms with Gasteiger partial charge >= 0.3 is 0 Å². The average molecular weight is 354 g/mol. The van der Waals surface area contributed by atoms with Crippen LogP contribution in [0.15, 0.2) is 42.5 Å². The number of nitro benzene ring substituents is 1. The monoisotopic (exact) mass is 353 g/mol. The molecule has 0 unspecified atom stereocenters. The van der Waals surface area contributed by atoms with Gasteiger partial charge in [-0.2, -0.15) is 0 Å². The molecule has 1 atom stereocenters. The van der Waals surface area contributed by atoms with E-state index in [0.29, 0.717) is 10.7 Å². The first-order valence-corrected chi connectivity index (χ1v) is 7.42. The van der Waals surface area contributed by atoms with E-state index in [2.05, 4.69) is 10.6 Å². The number of nitro groups is 1. The molecular formula is C15H13ClFN3O2S. The molecule has 0 radical (unpaired) electrons. The van der Waals surface area contributed by atoms with E-state index in [0.717, 1.165) is 5.56 Å². The topological polar surface area (TPSA) is 67.2 Å². The number of nitrogens with one attached hydrogen (secondary N) is 2. The van der Waals surface area contributed by atoms with Gasteiger partial charge in [0.2, 0.25) is 0 Å². The van der Waals surface area contributed by atoms with E-state index in [1.807, 2.05) is 6.92 Å². The standard InChI is InChI=1S/C15H13ClFN3O2S/c1-9(10-2-4-11(17)5-3-10)18-15(23)19-14-8-12(20(21)22)6-7-13(14)16/h2-9H,1H3,(H2,18,19,23)/t9-/m1/s1. The Kier molecular flexibility index (Phi) is 5.46. The van der Waals surface area contributed by atoms with Crippen LogP contribution in [-0.2, 0) is 0 Å². The van der Waals surface area contributed by atoms with Gasteiger partial charge in [0.1, 0.15) is 5.82 Å². The molecule has 120 valence electrons. The molecule has 2 N–H and O–H groups in total. The molecule has 0 bridgehead atoms. The molecule has 0 amide bonds. The van der Waals surface area contributed by atoms with E-state index in [1.165, 1.54) is 30.3 Å². The molecule has 8 heteroatoms. The summed E-state index contributed by atoms with van der Waals surface area (Å²) in [5.74, 6) is -0.315. The number of thiocarbonyl (C=S) groups is 1. The van der Waals surface area contributed by atoms with Crippen molar-refractivity contribution in [3.8, 4) is 0 Å². The molecule has 5 nitrogen and oxygen atoms in total. The van der Waals surface area contributed by atoms with Gasteiger partial charge in [0.15, 0.2) is 5.11 Å². The second-order valence-electron chi connectivity index (χ2n) is 4.79. The van der Waals surface area contributed by atoms with Crippen LogP contribution < -0.4 is 10.6 Å². The van der Waals surface area contributed by atoms with E-state index in [-0.39, 0.29) is 22.7 Å². The van der Waals surface area contributed by atoms with E-state index in [1.54, 1.807) is 12.1 Å². The fourth-order valence-electron chi connectivity index (χ4n) is 1.91. The van der Waals surface area contributed by atoms with Crippen LogP contribution >= 0.6 is 23.8 Å². The second-order valence-corrected chi connectivity index (χ2v) is 5.61. The van der Waals surface area contributed by atoms with Crippen molar-refractivity contribution in [2.75, 3.05) is 5.32 Å². The highest BCUT2D eigenvalue weighted by molar-refractivity contribution is 7.80. The molecule has 0 aliphatic rings. The summed E-state index contributed by atoms with van der Waals surface area (Å²) in [4.78, 5) is 10.3. The maximum Gasteiger partial charge on any atom is 0.271 e. The van der Waals surface area contributed by atoms with Crippen molar-refractivity contribution in [1.29, 1.82) is 0 Å². The number of rotatable bonds is 4. The van der Waals surface area contributed by atoms with Crippen LogP contribution in [0.4, 0.5) is 15.8 Å². The Labute approximate surface area is 142 Å². The van der Waals surface area contributed by atoms with Gasteiger partial charge in [-0.25, -0.2) is 4.39 Å².